The topological polar surface area (TPSA) is 9.23 Å². The number of benzene rings is 1. The summed E-state index contributed by atoms with van der Waals surface area (Å²) in [6.07, 6.45) is -5.13. The van der Waals surface area contributed by atoms with Crippen LogP contribution in [0.5, 0.6) is 0 Å². The van der Waals surface area contributed by atoms with E-state index in [2.05, 4.69) is 31.9 Å². The van der Waals surface area contributed by atoms with Crippen LogP contribution in [0.25, 0.3) is 0 Å². The molecule has 0 N–H and O–H groups in total. The van der Waals surface area contributed by atoms with Gasteiger partial charge in [-0.25, -0.2) is 0 Å². The molecule has 17 heavy (non-hydrogen) atoms. The van der Waals surface area contributed by atoms with E-state index in [0.717, 1.165) is 6.07 Å². The Kier molecular flexibility index (Phi) is 2.62. The highest BCUT2D eigenvalue weighted by Crippen LogP contribution is 2.58. The molecular weight excluding hydrogens is 365 g/mol. The van der Waals surface area contributed by atoms with Gasteiger partial charge in [0.2, 0.25) is 0 Å². The third kappa shape index (κ3) is 1.60. The Bertz CT molecular complexity index is 474. The summed E-state index contributed by atoms with van der Waals surface area (Å²) in [5.74, 6) is 0. The van der Waals surface area contributed by atoms with Crippen LogP contribution in [0.1, 0.15) is 28.9 Å². The molecule has 1 aromatic rings. The van der Waals surface area contributed by atoms with Crippen molar-refractivity contribution in [1.82, 2.24) is 0 Å². The van der Waals surface area contributed by atoms with Gasteiger partial charge in [0.05, 0.1) is 27.4 Å². The van der Waals surface area contributed by atoms with Crippen LogP contribution in [-0.4, -0.2) is 9.65 Å². The Morgan fingerprint density at radius 3 is 2.35 bits per heavy atom. The predicted octanol–water partition coefficient (Wildman–Crippen LogP) is 4.36. The standard InChI is InChI=1S/C11H7Br2F3O/c12-7-8(13)10-6-4(9(7)17-10)2-1-3-5(6)11(14,15)16/h1-3,7-10H. The zero-order chi connectivity index (χ0) is 12.4. The molecule has 2 aliphatic heterocycles. The Labute approximate surface area is 113 Å². The van der Waals surface area contributed by atoms with E-state index in [-0.39, 0.29) is 15.8 Å². The van der Waals surface area contributed by atoms with Crippen molar-refractivity contribution in [2.24, 2.45) is 0 Å². The van der Waals surface area contributed by atoms with E-state index in [1.807, 2.05) is 0 Å². The van der Waals surface area contributed by atoms with Crippen LogP contribution in [0, 0.1) is 0 Å². The van der Waals surface area contributed by atoms with Gasteiger partial charge in [0.25, 0.3) is 0 Å². The molecule has 2 heterocycles. The van der Waals surface area contributed by atoms with Gasteiger partial charge in [-0.05, 0) is 17.2 Å². The summed E-state index contributed by atoms with van der Waals surface area (Å²) in [4.78, 5) is -0.105. The number of hydrogen-bond acceptors (Lipinski definition) is 1. The molecule has 1 aromatic carbocycles. The van der Waals surface area contributed by atoms with Crippen LogP contribution in [0.2, 0.25) is 0 Å². The molecule has 2 aliphatic rings. The number of ether oxygens (including phenoxy) is 1. The highest BCUT2D eigenvalue weighted by Gasteiger charge is 2.53. The molecule has 3 rings (SSSR count). The van der Waals surface area contributed by atoms with E-state index in [1.54, 1.807) is 6.07 Å². The second-order valence-corrected chi connectivity index (χ2v) is 6.29. The number of halogens is 5. The first-order valence-corrected chi connectivity index (χ1v) is 6.88. The number of hydrogen-bond donors (Lipinski definition) is 0. The lowest BCUT2D eigenvalue weighted by Crippen LogP contribution is -2.24. The number of rotatable bonds is 0. The third-order valence-corrected chi connectivity index (χ3v) is 6.02. The molecule has 0 aromatic heterocycles. The maximum absolute atomic E-state index is 12.9. The number of fused-ring (bicyclic) bond motifs is 5. The summed E-state index contributed by atoms with van der Waals surface area (Å²) in [7, 11) is 0. The minimum atomic E-state index is -4.33. The predicted molar refractivity (Wildman–Crippen MR) is 63.4 cm³/mol. The molecule has 4 unspecified atom stereocenters. The lowest BCUT2D eigenvalue weighted by molar-refractivity contribution is -0.138. The summed E-state index contributed by atoms with van der Waals surface area (Å²) >= 11 is 6.84. The normalized spacial score (nSPS) is 35.1. The number of alkyl halides is 5. The van der Waals surface area contributed by atoms with E-state index >= 15 is 0 Å². The fourth-order valence-electron chi connectivity index (χ4n) is 2.51. The molecule has 0 amide bonds. The first-order valence-electron chi connectivity index (χ1n) is 5.05. The van der Waals surface area contributed by atoms with Crippen LogP contribution in [0.4, 0.5) is 13.2 Å². The van der Waals surface area contributed by atoms with Crippen molar-refractivity contribution in [3.8, 4) is 0 Å². The molecule has 1 fully saturated rings. The van der Waals surface area contributed by atoms with E-state index in [0.29, 0.717) is 11.1 Å². The summed E-state index contributed by atoms with van der Waals surface area (Å²) in [5.41, 5.74) is 0.372. The van der Waals surface area contributed by atoms with E-state index < -0.39 is 17.8 Å². The second-order valence-electron chi connectivity index (χ2n) is 4.17. The Morgan fingerprint density at radius 1 is 1.06 bits per heavy atom. The first kappa shape index (κ1) is 12.0. The summed E-state index contributed by atoms with van der Waals surface area (Å²) in [5, 5.41) is 0. The fraction of sp³-hybridized carbons (Fsp3) is 0.455. The van der Waals surface area contributed by atoms with Crippen molar-refractivity contribution in [3.63, 3.8) is 0 Å². The molecule has 1 saturated heterocycles. The third-order valence-electron chi connectivity index (χ3n) is 3.21. The summed E-state index contributed by atoms with van der Waals surface area (Å²) < 4.78 is 44.3. The van der Waals surface area contributed by atoms with Crippen molar-refractivity contribution in [2.75, 3.05) is 0 Å². The van der Waals surface area contributed by atoms with Crippen LogP contribution in [0.3, 0.4) is 0 Å². The van der Waals surface area contributed by atoms with Gasteiger partial charge < -0.3 is 4.74 Å². The lowest BCUT2D eigenvalue weighted by Gasteiger charge is -2.24. The highest BCUT2D eigenvalue weighted by molar-refractivity contribution is 9.12. The smallest absolute Gasteiger partial charge is 0.363 e. The van der Waals surface area contributed by atoms with Crippen LogP contribution >= 0.6 is 31.9 Å². The minimum absolute atomic E-state index is 0.0171. The largest absolute Gasteiger partial charge is 0.416 e. The summed E-state index contributed by atoms with van der Waals surface area (Å²) in [6.45, 7) is 0. The molecule has 6 heteroatoms. The van der Waals surface area contributed by atoms with Gasteiger partial charge >= 0.3 is 6.18 Å². The van der Waals surface area contributed by atoms with Crippen molar-refractivity contribution >= 4 is 31.9 Å². The maximum Gasteiger partial charge on any atom is 0.416 e. The highest BCUT2D eigenvalue weighted by atomic mass is 79.9. The van der Waals surface area contributed by atoms with Crippen molar-refractivity contribution in [2.45, 2.75) is 28.0 Å². The molecule has 0 radical (unpaired) electrons. The fourth-order valence-corrected chi connectivity index (χ4v) is 3.86. The Morgan fingerprint density at radius 2 is 1.71 bits per heavy atom. The zero-order valence-corrected chi connectivity index (χ0v) is 11.5. The molecule has 0 saturated carbocycles. The van der Waals surface area contributed by atoms with E-state index in [4.69, 9.17) is 4.74 Å². The quantitative estimate of drug-likeness (QED) is 0.616. The minimum Gasteiger partial charge on any atom is -0.363 e. The molecule has 0 spiro atoms. The van der Waals surface area contributed by atoms with Gasteiger partial charge in [-0.2, -0.15) is 13.2 Å². The van der Waals surface area contributed by atoms with Gasteiger partial charge in [-0.3, -0.25) is 0 Å². The lowest BCUT2D eigenvalue weighted by atomic mass is 9.88. The van der Waals surface area contributed by atoms with Crippen molar-refractivity contribution < 1.29 is 17.9 Å². The monoisotopic (exact) mass is 370 g/mol. The van der Waals surface area contributed by atoms with Crippen molar-refractivity contribution in [3.05, 3.63) is 34.9 Å². The first-order chi connectivity index (χ1) is 7.91. The maximum atomic E-state index is 12.9. The van der Waals surface area contributed by atoms with Gasteiger partial charge in [0.1, 0.15) is 0 Å². The molecule has 1 nitrogen and oxygen atoms in total. The van der Waals surface area contributed by atoms with Crippen LogP contribution in [-0.2, 0) is 10.9 Å². The van der Waals surface area contributed by atoms with Crippen LogP contribution in [0.15, 0.2) is 18.2 Å². The van der Waals surface area contributed by atoms with Gasteiger partial charge in [0.15, 0.2) is 0 Å². The average Bonchev–Trinajstić information content (AvgIpc) is 2.76. The Hall–Kier alpha value is -0.0700. The van der Waals surface area contributed by atoms with E-state index in [1.165, 1.54) is 6.07 Å². The molecular formula is C11H7Br2F3O. The zero-order valence-electron chi connectivity index (χ0n) is 8.34. The SMILES string of the molecule is FC(F)(F)c1cccc2c1C1OC2C(Br)C1Br. The van der Waals surface area contributed by atoms with Crippen LogP contribution < -0.4 is 0 Å². The Balaban J connectivity index is 2.19. The van der Waals surface area contributed by atoms with Gasteiger partial charge in [-0.1, -0.05) is 44.0 Å². The van der Waals surface area contributed by atoms with E-state index in [9.17, 15) is 13.2 Å². The van der Waals surface area contributed by atoms with Gasteiger partial charge in [-0.15, -0.1) is 0 Å². The molecule has 4 atom stereocenters. The molecule has 2 bridgehead atoms. The molecule has 0 aliphatic carbocycles. The molecule has 92 valence electrons. The average molecular weight is 372 g/mol. The summed E-state index contributed by atoms with van der Waals surface area (Å²) in [6, 6.07) is 4.27. The van der Waals surface area contributed by atoms with Crippen molar-refractivity contribution in [1.29, 1.82) is 0 Å². The second kappa shape index (κ2) is 3.71. The van der Waals surface area contributed by atoms with Gasteiger partial charge in [0, 0.05) is 0 Å².